The Morgan fingerprint density at radius 1 is 1.00 bits per heavy atom. The highest BCUT2D eigenvalue weighted by molar-refractivity contribution is 5.83. The van der Waals surface area contributed by atoms with Gasteiger partial charge < -0.3 is 14.5 Å². The van der Waals surface area contributed by atoms with Crippen LogP contribution in [0.2, 0.25) is 0 Å². The first kappa shape index (κ1) is 12.4. The second kappa shape index (κ2) is 4.64. The summed E-state index contributed by atoms with van der Waals surface area (Å²) in [6.07, 6.45) is 0.207. The zero-order valence-corrected chi connectivity index (χ0v) is 10.7. The van der Waals surface area contributed by atoms with Gasteiger partial charge in [0, 0.05) is 33.1 Å². The Kier molecular flexibility index (Phi) is 3.38. The maximum atomic E-state index is 12.2. The Morgan fingerprint density at radius 3 is 2.00 bits per heavy atom. The number of rotatable bonds is 1. The van der Waals surface area contributed by atoms with Crippen molar-refractivity contribution in [1.82, 2.24) is 9.80 Å². The first-order chi connectivity index (χ1) is 7.97. The minimum absolute atomic E-state index is 0.00333. The monoisotopic (exact) mass is 240 g/mol. The molecule has 0 N–H and O–H groups in total. The Labute approximate surface area is 102 Å². The average Bonchev–Trinajstić information content (AvgIpc) is 2.12. The minimum atomic E-state index is -0.00333. The molecule has 2 amide bonds. The molecule has 0 saturated carbocycles. The number of ether oxygens (including phenoxy) is 1. The number of hydrogen-bond acceptors (Lipinski definition) is 3. The van der Waals surface area contributed by atoms with Crippen LogP contribution in [0.5, 0.6) is 0 Å². The SMILES string of the molecule is CC(=O)N1CC(C(=O)N2CC(C)OC(C)C2)C1. The molecule has 2 aliphatic heterocycles. The molecule has 0 aliphatic carbocycles. The summed E-state index contributed by atoms with van der Waals surface area (Å²) in [4.78, 5) is 26.8. The Morgan fingerprint density at radius 2 is 1.53 bits per heavy atom. The maximum absolute atomic E-state index is 12.2. The summed E-state index contributed by atoms with van der Waals surface area (Å²) in [6, 6.07) is 0. The molecule has 5 nitrogen and oxygen atoms in total. The summed E-state index contributed by atoms with van der Waals surface area (Å²) in [7, 11) is 0. The molecule has 0 bridgehead atoms. The average molecular weight is 240 g/mol. The third-order valence-corrected chi connectivity index (χ3v) is 3.41. The van der Waals surface area contributed by atoms with Crippen molar-refractivity contribution in [3.8, 4) is 0 Å². The maximum Gasteiger partial charge on any atom is 0.229 e. The number of likely N-dealkylation sites (tertiary alicyclic amines) is 1. The predicted molar refractivity (Wildman–Crippen MR) is 62.3 cm³/mol. The highest BCUT2D eigenvalue weighted by atomic mass is 16.5. The molecule has 2 atom stereocenters. The first-order valence-electron chi connectivity index (χ1n) is 6.17. The van der Waals surface area contributed by atoms with Gasteiger partial charge >= 0.3 is 0 Å². The lowest BCUT2D eigenvalue weighted by Crippen LogP contribution is -2.58. The van der Waals surface area contributed by atoms with Crippen molar-refractivity contribution in [3.05, 3.63) is 0 Å². The molecule has 2 rings (SSSR count). The fourth-order valence-corrected chi connectivity index (χ4v) is 2.51. The zero-order chi connectivity index (χ0) is 12.6. The van der Waals surface area contributed by atoms with Crippen molar-refractivity contribution in [2.75, 3.05) is 26.2 Å². The summed E-state index contributed by atoms with van der Waals surface area (Å²) in [5.74, 6) is 0.221. The Hall–Kier alpha value is -1.10. The topological polar surface area (TPSA) is 49.9 Å². The van der Waals surface area contributed by atoms with E-state index in [9.17, 15) is 9.59 Å². The number of carbonyl (C=O) groups is 2. The third kappa shape index (κ3) is 2.60. The predicted octanol–water partition coefficient (Wildman–Crippen LogP) is 0.100. The van der Waals surface area contributed by atoms with Crippen LogP contribution in [-0.4, -0.2) is 60.0 Å². The minimum Gasteiger partial charge on any atom is -0.372 e. The van der Waals surface area contributed by atoms with E-state index in [0.717, 1.165) is 0 Å². The number of hydrogen-bond donors (Lipinski definition) is 0. The first-order valence-corrected chi connectivity index (χ1v) is 6.17. The highest BCUT2D eigenvalue weighted by Gasteiger charge is 2.38. The largest absolute Gasteiger partial charge is 0.372 e. The van der Waals surface area contributed by atoms with Gasteiger partial charge in [0.15, 0.2) is 0 Å². The van der Waals surface area contributed by atoms with E-state index in [-0.39, 0.29) is 29.9 Å². The quantitative estimate of drug-likeness (QED) is 0.653. The van der Waals surface area contributed by atoms with E-state index in [0.29, 0.717) is 26.2 Å². The summed E-state index contributed by atoms with van der Waals surface area (Å²) in [5.41, 5.74) is 0. The van der Waals surface area contributed by atoms with Crippen LogP contribution >= 0.6 is 0 Å². The molecule has 5 heteroatoms. The van der Waals surface area contributed by atoms with Gasteiger partial charge in [-0.1, -0.05) is 0 Å². The molecule has 2 saturated heterocycles. The molecule has 0 aromatic heterocycles. The molecule has 2 unspecified atom stereocenters. The molecule has 0 aromatic rings. The summed E-state index contributed by atoms with van der Waals surface area (Å²) in [6.45, 7) is 8.00. The molecule has 2 fully saturated rings. The van der Waals surface area contributed by atoms with Gasteiger partial charge in [-0.3, -0.25) is 9.59 Å². The van der Waals surface area contributed by atoms with E-state index in [1.165, 1.54) is 0 Å². The molecule has 2 aliphatic rings. The van der Waals surface area contributed by atoms with Crippen LogP contribution in [0.3, 0.4) is 0 Å². The number of nitrogens with zero attached hydrogens (tertiary/aromatic N) is 2. The number of amides is 2. The number of morpholine rings is 1. The normalized spacial score (nSPS) is 30.1. The van der Waals surface area contributed by atoms with E-state index in [2.05, 4.69) is 0 Å². The van der Waals surface area contributed by atoms with E-state index < -0.39 is 0 Å². The number of carbonyl (C=O) groups excluding carboxylic acids is 2. The fraction of sp³-hybridized carbons (Fsp3) is 0.833. The van der Waals surface area contributed by atoms with Crippen molar-refractivity contribution in [2.24, 2.45) is 5.92 Å². The fourth-order valence-electron chi connectivity index (χ4n) is 2.51. The highest BCUT2D eigenvalue weighted by Crippen LogP contribution is 2.20. The van der Waals surface area contributed by atoms with Crippen LogP contribution in [0.25, 0.3) is 0 Å². The van der Waals surface area contributed by atoms with Crippen molar-refractivity contribution in [2.45, 2.75) is 33.0 Å². The Bertz CT molecular complexity index is 316. The van der Waals surface area contributed by atoms with Crippen molar-refractivity contribution in [3.63, 3.8) is 0 Å². The van der Waals surface area contributed by atoms with Gasteiger partial charge in [-0.2, -0.15) is 0 Å². The van der Waals surface area contributed by atoms with E-state index in [1.54, 1.807) is 11.8 Å². The van der Waals surface area contributed by atoms with Crippen LogP contribution in [-0.2, 0) is 14.3 Å². The van der Waals surface area contributed by atoms with Gasteiger partial charge in [0.2, 0.25) is 11.8 Å². The van der Waals surface area contributed by atoms with Gasteiger partial charge in [0.1, 0.15) is 0 Å². The standard InChI is InChI=1S/C12H20N2O3/c1-8-4-14(5-9(2)17-8)12(16)11-6-13(7-11)10(3)15/h8-9,11H,4-7H2,1-3H3. The van der Waals surface area contributed by atoms with Gasteiger partial charge in [-0.15, -0.1) is 0 Å². The van der Waals surface area contributed by atoms with E-state index in [4.69, 9.17) is 4.74 Å². The molecular weight excluding hydrogens is 220 g/mol. The molecule has 0 aromatic carbocycles. The van der Waals surface area contributed by atoms with Crippen LogP contribution in [0.15, 0.2) is 0 Å². The second-order valence-electron chi connectivity index (χ2n) is 5.12. The van der Waals surface area contributed by atoms with Crippen LogP contribution in [0, 0.1) is 5.92 Å². The van der Waals surface area contributed by atoms with Crippen molar-refractivity contribution >= 4 is 11.8 Å². The molecule has 0 spiro atoms. The summed E-state index contributed by atoms with van der Waals surface area (Å²) in [5, 5.41) is 0. The van der Waals surface area contributed by atoms with Gasteiger partial charge in [-0.25, -0.2) is 0 Å². The van der Waals surface area contributed by atoms with Gasteiger partial charge in [-0.05, 0) is 13.8 Å². The summed E-state index contributed by atoms with van der Waals surface area (Å²) >= 11 is 0. The molecule has 2 heterocycles. The molecular formula is C12H20N2O3. The molecule has 96 valence electrons. The van der Waals surface area contributed by atoms with Crippen LogP contribution < -0.4 is 0 Å². The van der Waals surface area contributed by atoms with Gasteiger partial charge in [0.05, 0.1) is 18.1 Å². The summed E-state index contributed by atoms with van der Waals surface area (Å²) < 4.78 is 5.60. The lowest BCUT2D eigenvalue weighted by atomic mass is 9.97. The zero-order valence-electron chi connectivity index (χ0n) is 10.7. The van der Waals surface area contributed by atoms with E-state index in [1.807, 2.05) is 18.7 Å². The lowest BCUT2D eigenvalue weighted by Gasteiger charge is -2.43. The Balaban J connectivity index is 1.86. The van der Waals surface area contributed by atoms with Gasteiger partial charge in [0.25, 0.3) is 0 Å². The molecule has 17 heavy (non-hydrogen) atoms. The van der Waals surface area contributed by atoms with Crippen LogP contribution in [0.1, 0.15) is 20.8 Å². The molecule has 0 radical (unpaired) electrons. The second-order valence-corrected chi connectivity index (χ2v) is 5.12. The third-order valence-electron chi connectivity index (χ3n) is 3.41. The van der Waals surface area contributed by atoms with Crippen molar-refractivity contribution in [1.29, 1.82) is 0 Å². The van der Waals surface area contributed by atoms with E-state index >= 15 is 0 Å². The lowest BCUT2D eigenvalue weighted by molar-refractivity contribution is -0.155. The van der Waals surface area contributed by atoms with Crippen molar-refractivity contribution < 1.29 is 14.3 Å². The van der Waals surface area contributed by atoms with Crippen LogP contribution in [0.4, 0.5) is 0 Å². The smallest absolute Gasteiger partial charge is 0.229 e.